The smallest absolute Gasteiger partial charge is 0.256 e. The molecular weight excluding hydrogens is 326 g/mol. The maximum atomic E-state index is 12.9. The molecular formula is C18H27NO6. The van der Waals surface area contributed by atoms with Crippen molar-refractivity contribution in [1.82, 2.24) is 4.90 Å². The SMILES string of the molecule is COCOC[C@H]1CC[C@H](COCOC)N1C(=O)[C@H](O)c1ccccc1. The number of ether oxygens (including phenoxy) is 4. The first kappa shape index (κ1) is 19.8. The van der Waals surface area contributed by atoms with Crippen molar-refractivity contribution in [2.75, 3.05) is 41.0 Å². The summed E-state index contributed by atoms with van der Waals surface area (Å²) in [5.74, 6) is -0.333. The van der Waals surface area contributed by atoms with E-state index >= 15 is 0 Å². The van der Waals surface area contributed by atoms with E-state index in [0.29, 0.717) is 18.8 Å². The number of likely N-dealkylation sites (tertiary alicyclic amines) is 1. The van der Waals surface area contributed by atoms with E-state index in [0.717, 1.165) is 12.8 Å². The van der Waals surface area contributed by atoms with Crippen molar-refractivity contribution in [2.45, 2.75) is 31.0 Å². The van der Waals surface area contributed by atoms with Crippen LogP contribution in [-0.4, -0.2) is 69.0 Å². The van der Waals surface area contributed by atoms with Crippen molar-refractivity contribution in [3.05, 3.63) is 35.9 Å². The van der Waals surface area contributed by atoms with Gasteiger partial charge in [-0.15, -0.1) is 0 Å². The summed E-state index contributed by atoms with van der Waals surface area (Å²) in [6.07, 6.45) is 0.379. The van der Waals surface area contributed by atoms with Gasteiger partial charge in [0.25, 0.3) is 5.91 Å². The van der Waals surface area contributed by atoms with E-state index in [-0.39, 0.29) is 31.6 Å². The number of rotatable bonds is 10. The Bertz CT molecular complexity index is 494. The fraction of sp³-hybridized carbons (Fsp3) is 0.611. The minimum Gasteiger partial charge on any atom is -0.378 e. The number of nitrogens with zero attached hydrogens (tertiary/aromatic N) is 1. The van der Waals surface area contributed by atoms with Crippen molar-refractivity contribution < 1.29 is 28.8 Å². The third kappa shape index (κ3) is 5.49. The quantitative estimate of drug-likeness (QED) is 0.505. The topological polar surface area (TPSA) is 77.5 Å². The van der Waals surface area contributed by atoms with Gasteiger partial charge in [-0.25, -0.2) is 0 Å². The molecule has 1 aromatic rings. The fourth-order valence-electron chi connectivity index (χ4n) is 3.10. The number of hydrogen-bond acceptors (Lipinski definition) is 6. The largest absolute Gasteiger partial charge is 0.378 e. The first-order valence-electron chi connectivity index (χ1n) is 8.37. The molecule has 1 amide bonds. The number of amides is 1. The van der Waals surface area contributed by atoms with Gasteiger partial charge in [-0.05, 0) is 18.4 Å². The Morgan fingerprint density at radius 3 is 2.08 bits per heavy atom. The van der Waals surface area contributed by atoms with Gasteiger partial charge in [-0.3, -0.25) is 4.79 Å². The maximum Gasteiger partial charge on any atom is 0.256 e. The summed E-state index contributed by atoms with van der Waals surface area (Å²) in [5.41, 5.74) is 0.576. The van der Waals surface area contributed by atoms with Gasteiger partial charge >= 0.3 is 0 Å². The van der Waals surface area contributed by atoms with Gasteiger partial charge in [0.1, 0.15) is 13.6 Å². The number of methoxy groups -OCH3 is 2. The second kappa shape index (κ2) is 10.5. The van der Waals surface area contributed by atoms with Crippen LogP contribution in [0.2, 0.25) is 0 Å². The Labute approximate surface area is 148 Å². The minimum atomic E-state index is -1.20. The molecule has 0 bridgehead atoms. The van der Waals surface area contributed by atoms with Gasteiger partial charge in [-0.1, -0.05) is 30.3 Å². The maximum absolute atomic E-state index is 12.9. The number of aliphatic hydroxyl groups is 1. The highest BCUT2D eigenvalue weighted by molar-refractivity contribution is 5.83. The van der Waals surface area contributed by atoms with Crippen molar-refractivity contribution in [1.29, 1.82) is 0 Å². The van der Waals surface area contributed by atoms with Crippen LogP contribution in [-0.2, 0) is 23.7 Å². The molecule has 0 unspecified atom stereocenters. The lowest BCUT2D eigenvalue weighted by Crippen LogP contribution is -2.47. The minimum absolute atomic E-state index is 0.114. The zero-order valence-electron chi connectivity index (χ0n) is 14.8. The molecule has 1 aliphatic rings. The Hall–Kier alpha value is -1.51. The lowest BCUT2D eigenvalue weighted by molar-refractivity contribution is -0.148. The van der Waals surface area contributed by atoms with Gasteiger partial charge in [-0.2, -0.15) is 0 Å². The van der Waals surface area contributed by atoms with E-state index < -0.39 is 6.10 Å². The summed E-state index contributed by atoms with van der Waals surface area (Å²) in [4.78, 5) is 14.6. The molecule has 1 aromatic carbocycles. The zero-order chi connectivity index (χ0) is 18.1. The van der Waals surface area contributed by atoms with E-state index in [9.17, 15) is 9.90 Å². The first-order chi connectivity index (χ1) is 12.2. The molecule has 140 valence electrons. The van der Waals surface area contributed by atoms with E-state index in [1.165, 1.54) is 0 Å². The van der Waals surface area contributed by atoms with Crippen LogP contribution in [0.5, 0.6) is 0 Å². The van der Waals surface area contributed by atoms with Crippen LogP contribution in [0.4, 0.5) is 0 Å². The van der Waals surface area contributed by atoms with Crippen LogP contribution >= 0.6 is 0 Å². The third-order valence-corrected chi connectivity index (χ3v) is 4.25. The summed E-state index contributed by atoms with van der Waals surface area (Å²) in [5, 5.41) is 10.5. The second-order valence-electron chi connectivity index (χ2n) is 6.00. The summed E-state index contributed by atoms with van der Waals surface area (Å²) in [7, 11) is 3.11. The lowest BCUT2D eigenvalue weighted by Gasteiger charge is -2.32. The van der Waals surface area contributed by atoms with Crippen molar-refractivity contribution >= 4 is 5.91 Å². The van der Waals surface area contributed by atoms with Gasteiger partial charge in [0, 0.05) is 14.2 Å². The van der Waals surface area contributed by atoms with Crippen LogP contribution in [0.1, 0.15) is 24.5 Å². The molecule has 0 radical (unpaired) electrons. The Kier molecular flexibility index (Phi) is 8.30. The highest BCUT2D eigenvalue weighted by atomic mass is 16.7. The zero-order valence-corrected chi connectivity index (χ0v) is 14.8. The van der Waals surface area contributed by atoms with Crippen LogP contribution in [0.25, 0.3) is 0 Å². The number of carbonyl (C=O) groups excluding carboxylic acids is 1. The van der Waals surface area contributed by atoms with E-state index in [1.54, 1.807) is 43.4 Å². The van der Waals surface area contributed by atoms with Crippen LogP contribution in [0, 0.1) is 0 Å². The molecule has 1 aliphatic heterocycles. The van der Waals surface area contributed by atoms with Gasteiger partial charge in [0.15, 0.2) is 6.10 Å². The number of benzene rings is 1. The molecule has 7 heteroatoms. The second-order valence-corrected chi connectivity index (χ2v) is 6.00. The fourth-order valence-corrected chi connectivity index (χ4v) is 3.10. The summed E-state index contributed by atoms with van der Waals surface area (Å²) >= 11 is 0. The number of hydrogen-bond donors (Lipinski definition) is 1. The summed E-state index contributed by atoms with van der Waals surface area (Å²) in [6, 6.07) is 8.70. The molecule has 25 heavy (non-hydrogen) atoms. The predicted octanol–water partition coefficient (Wildman–Crippen LogP) is 1.32. The number of carbonyl (C=O) groups is 1. The standard InChI is InChI=1S/C18H27NO6/c1-22-12-24-10-15-8-9-16(11-25-13-23-2)19(15)18(21)17(20)14-6-4-3-5-7-14/h3-7,15-17,20H,8-13H2,1-2H3/t15-,16-,17-/m1/s1. The van der Waals surface area contributed by atoms with E-state index in [4.69, 9.17) is 18.9 Å². The van der Waals surface area contributed by atoms with Gasteiger partial charge < -0.3 is 29.0 Å². The predicted molar refractivity (Wildman–Crippen MR) is 90.7 cm³/mol. The van der Waals surface area contributed by atoms with Crippen LogP contribution in [0.3, 0.4) is 0 Å². The van der Waals surface area contributed by atoms with E-state index in [2.05, 4.69) is 0 Å². The van der Waals surface area contributed by atoms with Crippen LogP contribution < -0.4 is 0 Å². The number of aliphatic hydroxyl groups excluding tert-OH is 1. The van der Waals surface area contributed by atoms with Crippen molar-refractivity contribution in [2.24, 2.45) is 0 Å². The summed E-state index contributed by atoms with van der Waals surface area (Å²) < 4.78 is 20.7. The monoisotopic (exact) mass is 353 g/mol. The Balaban J connectivity index is 2.08. The van der Waals surface area contributed by atoms with Gasteiger partial charge in [0.2, 0.25) is 0 Å². The molecule has 1 N–H and O–H groups in total. The highest BCUT2D eigenvalue weighted by Crippen LogP contribution is 2.29. The lowest BCUT2D eigenvalue weighted by atomic mass is 10.1. The Morgan fingerprint density at radius 2 is 1.60 bits per heavy atom. The summed E-state index contributed by atoms with van der Waals surface area (Å²) in [6.45, 7) is 1.07. The first-order valence-corrected chi connectivity index (χ1v) is 8.37. The molecule has 0 aromatic heterocycles. The molecule has 2 rings (SSSR count). The normalized spacial score (nSPS) is 21.5. The third-order valence-electron chi connectivity index (χ3n) is 4.25. The van der Waals surface area contributed by atoms with E-state index in [1.807, 2.05) is 6.07 Å². The molecule has 1 saturated heterocycles. The van der Waals surface area contributed by atoms with Crippen molar-refractivity contribution in [3.8, 4) is 0 Å². The van der Waals surface area contributed by atoms with Crippen molar-refractivity contribution in [3.63, 3.8) is 0 Å². The Morgan fingerprint density at radius 1 is 1.08 bits per heavy atom. The highest BCUT2D eigenvalue weighted by Gasteiger charge is 2.39. The average molecular weight is 353 g/mol. The van der Waals surface area contributed by atoms with Gasteiger partial charge in [0.05, 0.1) is 25.3 Å². The van der Waals surface area contributed by atoms with Crippen LogP contribution in [0.15, 0.2) is 30.3 Å². The molecule has 0 saturated carbocycles. The molecule has 7 nitrogen and oxygen atoms in total. The molecule has 0 spiro atoms. The molecule has 0 aliphatic carbocycles. The molecule has 1 fully saturated rings. The molecule has 3 atom stereocenters. The molecule has 1 heterocycles. The average Bonchev–Trinajstić information content (AvgIpc) is 3.04.